The number of carbonyl (C=O) groups excluding carboxylic acids is 1. The zero-order chi connectivity index (χ0) is 14.8. The molecular weight excluding hydrogens is 284 g/mol. The Morgan fingerprint density at radius 3 is 2.71 bits per heavy atom. The van der Waals surface area contributed by atoms with Gasteiger partial charge in [-0.3, -0.25) is 0 Å². The molecule has 0 radical (unpaired) electrons. The Morgan fingerprint density at radius 1 is 1.19 bits per heavy atom. The first-order valence-corrected chi connectivity index (χ1v) is 8.60. The first-order chi connectivity index (χ1) is 10.3. The summed E-state index contributed by atoms with van der Waals surface area (Å²) in [5, 5.41) is 5.71. The second-order valence-corrected chi connectivity index (χ2v) is 6.38. The van der Waals surface area contributed by atoms with Crippen molar-refractivity contribution in [1.82, 2.24) is 10.6 Å². The summed E-state index contributed by atoms with van der Waals surface area (Å²) in [6.45, 7) is 2.97. The number of urea groups is 1. The standard InChI is InChI=1S/C16H24N2O2S/c19-16(17-9-4-11-20-13-14-7-8-14)18-10-12-21-15-5-2-1-3-6-15/h1-3,5-6,14H,4,7-13H2,(H2,17,18,19). The zero-order valence-corrected chi connectivity index (χ0v) is 13.2. The lowest BCUT2D eigenvalue weighted by molar-refractivity contribution is 0.122. The molecule has 0 saturated heterocycles. The molecule has 2 rings (SSSR count). The molecule has 0 unspecified atom stereocenters. The van der Waals surface area contributed by atoms with Gasteiger partial charge < -0.3 is 15.4 Å². The summed E-state index contributed by atoms with van der Waals surface area (Å²) in [7, 11) is 0. The van der Waals surface area contributed by atoms with Crippen molar-refractivity contribution in [3.05, 3.63) is 30.3 Å². The van der Waals surface area contributed by atoms with Crippen molar-refractivity contribution >= 4 is 17.8 Å². The number of ether oxygens (including phenoxy) is 1. The van der Waals surface area contributed by atoms with Crippen LogP contribution in [-0.2, 0) is 4.74 Å². The molecule has 1 aromatic rings. The normalized spacial score (nSPS) is 13.9. The van der Waals surface area contributed by atoms with Gasteiger partial charge in [-0.25, -0.2) is 4.79 Å². The lowest BCUT2D eigenvalue weighted by Crippen LogP contribution is -2.37. The summed E-state index contributed by atoms with van der Waals surface area (Å²) < 4.78 is 5.51. The molecule has 4 nitrogen and oxygen atoms in total. The predicted octanol–water partition coefficient (Wildman–Crippen LogP) is 2.89. The first-order valence-electron chi connectivity index (χ1n) is 7.62. The highest BCUT2D eigenvalue weighted by Gasteiger charge is 2.20. The van der Waals surface area contributed by atoms with Crippen LogP contribution in [0.3, 0.4) is 0 Å². The topological polar surface area (TPSA) is 50.4 Å². The van der Waals surface area contributed by atoms with Crippen LogP contribution < -0.4 is 10.6 Å². The Bertz CT molecular complexity index is 410. The van der Waals surface area contributed by atoms with E-state index in [9.17, 15) is 4.79 Å². The van der Waals surface area contributed by atoms with E-state index < -0.39 is 0 Å². The highest BCUT2D eigenvalue weighted by molar-refractivity contribution is 7.99. The Balaban J connectivity index is 1.38. The quantitative estimate of drug-likeness (QED) is 0.516. The van der Waals surface area contributed by atoms with Gasteiger partial charge in [-0.05, 0) is 37.3 Å². The van der Waals surface area contributed by atoms with Crippen molar-refractivity contribution < 1.29 is 9.53 Å². The van der Waals surface area contributed by atoms with Gasteiger partial charge in [0.05, 0.1) is 0 Å². The van der Waals surface area contributed by atoms with E-state index in [0.717, 1.165) is 31.3 Å². The molecule has 1 fully saturated rings. The van der Waals surface area contributed by atoms with Crippen LogP contribution in [0.1, 0.15) is 19.3 Å². The third-order valence-corrected chi connectivity index (χ3v) is 4.21. The van der Waals surface area contributed by atoms with Gasteiger partial charge in [-0.15, -0.1) is 11.8 Å². The molecule has 0 atom stereocenters. The molecule has 0 aromatic heterocycles. The number of benzene rings is 1. The molecule has 5 heteroatoms. The monoisotopic (exact) mass is 308 g/mol. The summed E-state index contributed by atoms with van der Waals surface area (Å²) in [4.78, 5) is 12.8. The third kappa shape index (κ3) is 7.97. The average Bonchev–Trinajstić information content (AvgIpc) is 3.32. The maximum Gasteiger partial charge on any atom is 0.314 e. The van der Waals surface area contributed by atoms with Crippen LogP contribution in [0.4, 0.5) is 4.79 Å². The van der Waals surface area contributed by atoms with Crippen LogP contribution >= 0.6 is 11.8 Å². The molecule has 116 valence electrons. The molecule has 1 aliphatic carbocycles. The Morgan fingerprint density at radius 2 is 1.95 bits per heavy atom. The number of nitrogens with one attached hydrogen (secondary N) is 2. The van der Waals surface area contributed by atoms with E-state index in [4.69, 9.17) is 4.74 Å². The van der Waals surface area contributed by atoms with E-state index in [1.807, 2.05) is 18.2 Å². The molecule has 0 bridgehead atoms. The lowest BCUT2D eigenvalue weighted by Gasteiger charge is -2.08. The van der Waals surface area contributed by atoms with Crippen LogP contribution in [0.15, 0.2) is 35.2 Å². The highest BCUT2D eigenvalue weighted by atomic mass is 32.2. The second kappa shape index (κ2) is 9.68. The number of carbonyl (C=O) groups is 1. The minimum Gasteiger partial charge on any atom is -0.381 e. The minimum atomic E-state index is -0.0918. The van der Waals surface area contributed by atoms with Crippen molar-refractivity contribution in [3.63, 3.8) is 0 Å². The van der Waals surface area contributed by atoms with Crippen LogP contribution in [0.2, 0.25) is 0 Å². The minimum absolute atomic E-state index is 0.0918. The van der Waals surface area contributed by atoms with Gasteiger partial charge in [-0.2, -0.15) is 0 Å². The summed E-state index contributed by atoms with van der Waals surface area (Å²) >= 11 is 1.74. The molecule has 2 amide bonds. The van der Waals surface area contributed by atoms with E-state index in [-0.39, 0.29) is 6.03 Å². The molecule has 0 heterocycles. The molecule has 0 aliphatic heterocycles. The van der Waals surface area contributed by atoms with Gasteiger partial charge in [0.2, 0.25) is 0 Å². The van der Waals surface area contributed by atoms with Gasteiger partial charge in [0.1, 0.15) is 0 Å². The molecule has 0 spiro atoms. The van der Waals surface area contributed by atoms with Crippen molar-refractivity contribution in [3.8, 4) is 0 Å². The van der Waals surface area contributed by atoms with Gasteiger partial charge in [0, 0.05) is 37.0 Å². The third-order valence-electron chi connectivity index (χ3n) is 3.20. The Hall–Kier alpha value is -1.20. The largest absolute Gasteiger partial charge is 0.381 e. The molecule has 1 aliphatic rings. The van der Waals surface area contributed by atoms with Crippen molar-refractivity contribution in [2.24, 2.45) is 5.92 Å². The van der Waals surface area contributed by atoms with E-state index in [1.165, 1.54) is 17.7 Å². The van der Waals surface area contributed by atoms with Crippen LogP contribution in [0, 0.1) is 5.92 Å². The molecule has 1 aromatic carbocycles. The molecule has 2 N–H and O–H groups in total. The predicted molar refractivity (Wildman–Crippen MR) is 86.7 cm³/mol. The maximum absolute atomic E-state index is 11.5. The summed E-state index contributed by atoms with van der Waals surface area (Å²) in [5.74, 6) is 1.69. The van der Waals surface area contributed by atoms with E-state index in [0.29, 0.717) is 13.1 Å². The summed E-state index contributed by atoms with van der Waals surface area (Å²) in [6.07, 6.45) is 3.52. The number of hydrogen-bond acceptors (Lipinski definition) is 3. The summed E-state index contributed by atoms with van der Waals surface area (Å²) in [6, 6.07) is 10.1. The van der Waals surface area contributed by atoms with Crippen molar-refractivity contribution in [2.75, 3.05) is 32.1 Å². The zero-order valence-electron chi connectivity index (χ0n) is 12.3. The average molecular weight is 308 g/mol. The summed E-state index contributed by atoms with van der Waals surface area (Å²) in [5.41, 5.74) is 0. The van der Waals surface area contributed by atoms with Crippen LogP contribution in [-0.4, -0.2) is 38.1 Å². The van der Waals surface area contributed by atoms with Gasteiger partial charge >= 0.3 is 6.03 Å². The Labute approximate surface area is 131 Å². The SMILES string of the molecule is O=C(NCCCOCC1CC1)NCCSc1ccccc1. The van der Waals surface area contributed by atoms with Crippen LogP contribution in [0.5, 0.6) is 0 Å². The molecule has 1 saturated carbocycles. The number of hydrogen-bond donors (Lipinski definition) is 2. The maximum atomic E-state index is 11.5. The smallest absolute Gasteiger partial charge is 0.314 e. The lowest BCUT2D eigenvalue weighted by atomic mass is 10.4. The van der Waals surface area contributed by atoms with Gasteiger partial charge in [-0.1, -0.05) is 18.2 Å². The van der Waals surface area contributed by atoms with Gasteiger partial charge in [0.25, 0.3) is 0 Å². The van der Waals surface area contributed by atoms with Gasteiger partial charge in [0.15, 0.2) is 0 Å². The fourth-order valence-electron chi connectivity index (χ4n) is 1.82. The van der Waals surface area contributed by atoms with Crippen molar-refractivity contribution in [2.45, 2.75) is 24.2 Å². The number of rotatable bonds is 10. The molecule has 21 heavy (non-hydrogen) atoms. The van der Waals surface area contributed by atoms with E-state index >= 15 is 0 Å². The van der Waals surface area contributed by atoms with E-state index in [1.54, 1.807) is 11.8 Å². The van der Waals surface area contributed by atoms with Crippen molar-refractivity contribution in [1.29, 1.82) is 0 Å². The second-order valence-electron chi connectivity index (χ2n) is 5.22. The highest BCUT2D eigenvalue weighted by Crippen LogP contribution is 2.28. The van der Waals surface area contributed by atoms with E-state index in [2.05, 4.69) is 22.8 Å². The fourth-order valence-corrected chi connectivity index (χ4v) is 2.61. The first kappa shape index (κ1) is 16.2. The van der Waals surface area contributed by atoms with Crippen LogP contribution in [0.25, 0.3) is 0 Å². The number of thioether (sulfide) groups is 1. The fraction of sp³-hybridized carbons (Fsp3) is 0.562. The molecular formula is C16H24N2O2S. The Kier molecular flexibility index (Phi) is 7.46. The number of amides is 2.